The molecule has 1 fully saturated rings. The number of amides is 1. The summed E-state index contributed by atoms with van der Waals surface area (Å²) in [5, 5.41) is 13.9. The van der Waals surface area contributed by atoms with E-state index in [0.717, 1.165) is 37.4 Å². The van der Waals surface area contributed by atoms with Crippen molar-refractivity contribution in [3.05, 3.63) is 47.8 Å². The average molecular weight is 448 g/mol. The number of hydrogen-bond donors (Lipinski definition) is 3. The zero-order valence-electron chi connectivity index (χ0n) is 18.3. The van der Waals surface area contributed by atoms with Gasteiger partial charge in [-0.3, -0.25) is 9.78 Å². The molecule has 0 unspecified atom stereocenters. The number of hydrogen-bond acceptors (Lipinski definition) is 9. The highest BCUT2D eigenvalue weighted by atomic mass is 16.6. The zero-order valence-corrected chi connectivity index (χ0v) is 18.3. The fourth-order valence-electron chi connectivity index (χ4n) is 4.24. The number of nitrogens with one attached hydrogen (secondary N) is 2. The summed E-state index contributed by atoms with van der Waals surface area (Å²) in [5.74, 6) is 0.399. The van der Waals surface area contributed by atoms with Gasteiger partial charge in [-0.15, -0.1) is 0 Å². The highest BCUT2D eigenvalue weighted by Crippen LogP contribution is 2.28. The van der Waals surface area contributed by atoms with Crippen LogP contribution in [0.1, 0.15) is 22.8 Å². The van der Waals surface area contributed by atoms with Crippen LogP contribution in [0, 0.1) is 0 Å². The topological polar surface area (TPSA) is 140 Å². The van der Waals surface area contributed by atoms with E-state index in [1.807, 2.05) is 29.7 Å². The quantitative estimate of drug-likeness (QED) is 0.400. The van der Waals surface area contributed by atoms with E-state index in [4.69, 9.17) is 10.4 Å². The van der Waals surface area contributed by atoms with Gasteiger partial charge in [0.15, 0.2) is 17.3 Å². The lowest BCUT2D eigenvalue weighted by molar-refractivity contribution is 0.0952. The number of carbonyl (C=O) groups is 1. The van der Waals surface area contributed by atoms with E-state index in [0.29, 0.717) is 41.2 Å². The van der Waals surface area contributed by atoms with Gasteiger partial charge in [-0.2, -0.15) is 0 Å². The number of nitrogen functional groups attached to an aromatic ring is 1. The molecule has 0 saturated carbocycles. The molecule has 0 radical (unpaired) electrons. The van der Waals surface area contributed by atoms with Crippen LogP contribution in [0.15, 0.2) is 41.3 Å². The third-order valence-corrected chi connectivity index (χ3v) is 5.83. The van der Waals surface area contributed by atoms with Gasteiger partial charge < -0.3 is 25.8 Å². The van der Waals surface area contributed by atoms with Crippen LogP contribution in [0.25, 0.3) is 22.6 Å². The average Bonchev–Trinajstić information content (AvgIpc) is 3.45. The zero-order chi connectivity index (χ0) is 22.8. The summed E-state index contributed by atoms with van der Waals surface area (Å²) in [5.41, 5.74) is 10.1. The third kappa shape index (κ3) is 3.87. The molecular weight excluding hydrogens is 422 g/mol. The van der Waals surface area contributed by atoms with Gasteiger partial charge in [0.2, 0.25) is 0 Å². The Hall–Kier alpha value is -3.99. The number of anilines is 2. The molecule has 0 bridgehead atoms. The molecule has 0 atom stereocenters. The fraction of sp³-hybridized carbons (Fsp3) is 0.318. The second kappa shape index (κ2) is 8.87. The molecule has 4 N–H and O–H groups in total. The maximum absolute atomic E-state index is 13.3. The molecule has 1 amide bonds. The van der Waals surface area contributed by atoms with Crippen molar-refractivity contribution < 1.29 is 9.42 Å². The van der Waals surface area contributed by atoms with Crippen LogP contribution in [0.3, 0.4) is 0 Å². The molecule has 1 aromatic carbocycles. The molecule has 4 aromatic rings. The number of piperazine rings is 1. The molecule has 1 saturated heterocycles. The SMILES string of the molecule is CCn1c(-c2nonc2N)nc2cncc(C(=O)NCc3ccccc3N3CCNCC3)c21. The maximum atomic E-state index is 13.3. The first-order valence-corrected chi connectivity index (χ1v) is 10.9. The number of para-hydroxylation sites is 1. The fourth-order valence-corrected chi connectivity index (χ4v) is 4.24. The first-order chi connectivity index (χ1) is 16.2. The summed E-state index contributed by atoms with van der Waals surface area (Å²) < 4.78 is 6.61. The van der Waals surface area contributed by atoms with Gasteiger partial charge in [-0.25, -0.2) is 9.61 Å². The second-order valence-corrected chi connectivity index (χ2v) is 7.78. The predicted molar refractivity (Wildman–Crippen MR) is 124 cm³/mol. The molecule has 11 heteroatoms. The summed E-state index contributed by atoms with van der Waals surface area (Å²) in [6, 6.07) is 8.17. The Kier molecular flexibility index (Phi) is 5.61. The van der Waals surface area contributed by atoms with Gasteiger partial charge in [0.1, 0.15) is 5.52 Å². The van der Waals surface area contributed by atoms with E-state index >= 15 is 0 Å². The van der Waals surface area contributed by atoms with Crippen LogP contribution < -0.4 is 21.3 Å². The first-order valence-electron chi connectivity index (χ1n) is 10.9. The van der Waals surface area contributed by atoms with Gasteiger partial charge in [-0.05, 0) is 28.9 Å². The van der Waals surface area contributed by atoms with Crippen molar-refractivity contribution in [1.29, 1.82) is 0 Å². The lowest BCUT2D eigenvalue weighted by atomic mass is 10.1. The van der Waals surface area contributed by atoms with Crippen LogP contribution >= 0.6 is 0 Å². The van der Waals surface area contributed by atoms with Crippen LogP contribution in [-0.2, 0) is 13.1 Å². The Labute approximate surface area is 189 Å². The number of carbonyl (C=O) groups excluding carboxylic acids is 1. The Balaban J connectivity index is 1.44. The van der Waals surface area contributed by atoms with Crippen LogP contribution in [0.2, 0.25) is 0 Å². The minimum Gasteiger partial charge on any atom is -0.379 e. The van der Waals surface area contributed by atoms with Gasteiger partial charge >= 0.3 is 0 Å². The predicted octanol–water partition coefficient (Wildman–Crippen LogP) is 1.42. The molecule has 0 aliphatic carbocycles. The lowest BCUT2D eigenvalue weighted by Crippen LogP contribution is -2.44. The number of fused-ring (bicyclic) bond motifs is 1. The molecule has 5 rings (SSSR count). The monoisotopic (exact) mass is 447 g/mol. The Morgan fingerprint density at radius 2 is 2.03 bits per heavy atom. The number of nitrogens with two attached hydrogens (primary N) is 1. The number of pyridine rings is 1. The van der Waals surface area contributed by atoms with Crippen molar-refractivity contribution in [2.24, 2.45) is 0 Å². The molecule has 11 nitrogen and oxygen atoms in total. The summed E-state index contributed by atoms with van der Waals surface area (Å²) in [7, 11) is 0. The first kappa shape index (κ1) is 20.9. The number of benzene rings is 1. The summed E-state index contributed by atoms with van der Waals surface area (Å²) >= 11 is 0. The molecule has 0 spiro atoms. The third-order valence-electron chi connectivity index (χ3n) is 5.83. The van der Waals surface area contributed by atoms with E-state index in [1.54, 1.807) is 12.4 Å². The Morgan fingerprint density at radius 3 is 2.79 bits per heavy atom. The minimum absolute atomic E-state index is 0.142. The molecule has 33 heavy (non-hydrogen) atoms. The molecule has 3 aromatic heterocycles. The largest absolute Gasteiger partial charge is 0.379 e. The molecule has 170 valence electrons. The van der Waals surface area contributed by atoms with E-state index in [-0.39, 0.29) is 11.7 Å². The molecule has 4 heterocycles. The van der Waals surface area contributed by atoms with Crippen molar-refractivity contribution in [2.75, 3.05) is 36.8 Å². The van der Waals surface area contributed by atoms with Crippen LogP contribution in [0.4, 0.5) is 11.5 Å². The van der Waals surface area contributed by atoms with E-state index < -0.39 is 0 Å². The lowest BCUT2D eigenvalue weighted by Gasteiger charge is -2.31. The Morgan fingerprint density at radius 1 is 1.21 bits per heavy atom. The smallest absolute Gasteiger partial charge is 0.255 e. The van der Waals surface area contributed by atoms with Crippen molar-refractivity contribution in [2.45, 2.75) is 20.0 Å². The second-order valence-electron chi connectivity index (χ2n) is 7.78. The molecule has 1 aliphatic heterocycles. The summed E-state index contributed by atoms with van der Waals surface area (Å²) in [6.45, 7) is 6.68. The van der Waals surface area contributed by atoms with Crippen molar-refractivity contribution in [3.8, 4) is 11.5 Å². The maximum Gasteiger partial charge on any atom is 0.255 e. The van der Waals surface area contributed by atoms with Crippen LogP contribution in [0.5, 0.6) is 0 Å². The van der Waals surface area contributed by atoms with Gasteiger partial charge in [0.05, 0.1) is 17.3 Å². The van der Waals surface area contributed by atoms with Crippen molar-refractivity contribution >= 4 is 28.4 Å². The number of aromatic nitrogens is 5. The van der Waals surface area contributed by atoms with E-state index in [2.05, 4.69) is 41.9 Å². The molecule has 1 aliphatic rings. The summed E-state index contributed by atoms with van der Waals surface area (Å²) in [4.78, 5) is 24.4. The van der Waals surface area contributed by atoms with Crippen LogP contribution in [-0.4, -0.2) is 56.9 Å². The van der Waals surface area contributed by atoms with Gasteiger partial charge in [-0.1, -0.05) is 18.2 Å². The normalized spacial score (nSPS) is 14.0. The number of nitrogens with zero attached hydrogens (tertiary/aromatic N) is 6. The van der Waals surface area contributed by atoms with Crippen molar-refractivity contribution in [1.82, 2.24) is 35.5 Å². The molecular formula is C22H25N9O2. The van der Waals surface area contributed by atoms with Gasteiger partial charge in [0, 0.05) is 51.2 Å². The highest BCUT2D eigenvalue weighted by Gasteiger charge is 2.23. The van der Waals surface area contributed by atoms with E-state index in [1.165, 1.54) is 0 Å². The van der Waals surface area contributed by atoms with Crippen molar-refractivity contribution in [3.63, 3.8) is 0 Å². The van der Waals surface area contributed by atoms with Gasteiger partial charge in [0.25, 0.3) is 5.91 Å². The standard InChI is InChI=1S/C22H25N9O2/c1-2-31-19-15(12-25-13-16(19)27-21(31)18-20(23)29-33-28-18)22(32)26-11-14-5-3-4-6-17(14)30-9-7-24-8-10-30/h3-6,12-13,24H,2,7-11H2,1H3,(H2,23,29)(H,26,32). The highest BCUT2D eigenvalue weighted by molar-refractivity contribution is 6.05. The van der Waals surface area contributed by atoms with E-state index in [9.17, 15) is 4.79 Å². The number of imidazole rings is 1. The Bertz CT molecular complexity index is 1290. The number of aryl methyl sites for hydroxylation is 1. The minimum atomic E-state index is -0.226. The number of rotatable bonds is 6. The summed E-state index contributed by atoms with van der Waals surface area (Å²) in [6.07, 6.45) is 3.17.